The van der Waals surface area contributed by atoms with Crippen LogP contribution < -0.4 is 0 Å². The molecule has 0 aromatic heterocycles. The fraction of sp³-hybridized carbons (Fsp3) is 1.00. The van der Waals surface area contributed by atoms with Crippen LogP contribution >= 0.6 is 34.0 Å². The molecular weight excluding hydrogens is 572 g/mol. The molecule has 0 unspecified atom stereocenters. The fourth-order valence-electron chi connectivity index (χ4n) is 3.98. The highest BCUT2D eigenvalue weighted by Gasteiger charge is 1.92. The number of hydrogen-bond acceptors (Lipinski definition) is 2. The first-order valence-electron chi connectivity index (χ1n) is 15.7. The van der Waals surface area contributed by atoms with Crippen molar-refractivity contribution >= 4 is 34.0 Å². The normalized spacial score (nSPS) is 10.2. The van der Waals surface area contributed by atoms with Gasteiger partial charge in [0.15, 0.2) is 0 Å². The minimum absolute atomic E-state index is 0. The minimum Gasteiger partial charge on any atom is -0.309 e. The molecule has 4 heteroatoms. The minimum atomic E-state index is 0. The first kappa shape index (κ1) is 46.7. The van der Waals surface area contributed by atoms with E-state index in [1.54, 1.807) is 0 Å². The van der Waals surface area contributed by atoms with Gasteiger partial charge in [-0.1, -0.05) is 156 Å². The average Bonchev–Trinajstić information content (AvgIpc) is 2.81. The standard InChI is InChI=1S/C12H26.2C10H23N.2BrH/c1-3-5-7-9-11-12-10-8-6-4-2;2*1-4-5-6-7-8-9-10-11(2)3;;/h3-12H2,1-2H3;2*4-10H2,1-3H3;2*1H. The molecule has 0 radical (unpaired) electrons. The zero-order valence-electron chi connectivity index (χ0n) is 26.7. The highest BCUT2D eigenvalue weighted by atomic mass is 79.9. The number of rotatable bonds is 23. The summed E-state index contributed by atoms with van der Waals surface area (Å²) in [7, 11) is 8.58. The van der Waals surface area contributed by atoms with Crippen LogP contribution in [0.4, 0.5) is 0 Å². The van der Waals surface area contributed by atoms with E-state index in [0.717, 1.165) is 0 Å². The summed E-state index contributed by atoms with van der Waals surface area (Å²) in [5.74, 6) is 0. The molecular formula is C32H74Br2N2. The summed E-state index contributed by atoms with van der Waals surface area (Å²) in [4.78, 5) is 4.53. The first-order valence-corrected chi connectivity index (χ1v) is 15.7. The molecule has 226 valence electrons. The van der Waals surface area contributed by atoms with Gasteiger partial charge in [0.1, 0.15) is 0 Å². The summed E-state index contributed by atoms with van der Waals surface area (Å²) in [6.07, 6.45) is 31.3. The van der Waals surface area contributed by atoms with Gasteiger partial charge >= 0.3 is 0 Å². The van der Waals surface area contributed by atoms with Gasteiger partial charge in [-0.2, -0.15) is 0 Å². The van der Waals surface area contributed by atoms with Crippen LogP contribution in [-0.4, -0.2) is 51.1 Å². The third kappa shape index (κ3) is 59.8. The Labute approximate surface area is 253 Å². The van der Waals surface area contributed by atoms with Gasteiger partial charge in [0.2, 0.25) is 0 Å². The number of nitrogens with zero attached hydrogens (tertiary/aromatic N) is 2. The molecule has 0 rings (SSSR count). The van der Waals surface area contributed by atoms with Crippen LogP contribution in [0.5, 0.6) is 0 Å². The van der Waals surface area contributed by atoms with Crippen molar-refractivity contribution in [3.63, 3.8) is 0 Å². The molecule has 0 atom stereocenters. The highest BCUT2D eigenvalue weighted by Crippen LogP contribution is 2.10. The molecule has 0 saturated carbocycles. The lowest BCUT2D eigenvalue weighted by atomic mass is 10.1. The van der Waals surface area contributed by atoms with Crippen LogP contribution in [-0.2, 0) is 0 Å². The van der Waals surface area contributed by atoms with Crippen LogP contribution in [0.25, 0.3) is 0 Å². The Bertz CT molecular complexity index is 283. The Kier molecular flexibility index (Phi) is 59.4. The maximum Gasteiger partial charge on any atom is -0.00248 e. The predicted molar refractivity (Wildman–Crippen MR) is 182 cm³/mol. The van der Waals surface area contributed by atoms with Crippen molar-refractivity contribution < 1.29 is 0 Å². The summed E-state index contributed by atoms with van der Waals surface area (Å²) in [5.41, 5.74) is 0. The van der Waals surface area contributed by atoms with E-state index in [1.165, 1.54) is 154 Å². The molecule has 0 aromatic carbocycles. The largest absolute Gasteiger partial charge is 0.309 e. The Balaban J connectivity index is -0.000000130. The monoisotopic (exact) mass is 644 g/mol. The molecule has 0 aliphatic heterocycles. The quantitative estimate of drug-likeness (QED) is 0.102. The van der Waals surface area contributed by atoms with Gasteiger partial charge < -0.3 is 9.80 Å². The van der Waals surface area contributed by atoms with Gasteiger partial charge in [0, 0.05) is 0 Å². The van der Waals surface area contributed by atoms with Crippen molar-refractivity contribution in [3.8, 4) is 0 Å². The maximum absolute atomic E-state index is 2.28. The van der Waals surface area contributed by atoms with Gasteiger partial charge in [-0.3, -0.25) is 0 Å². The Morgan fingerprint density at radius 1 is 0.278 bits per heavy atom. The van der Waals surface area contributed by atoms with E-state index >= 15 is 0 Å². The second-order valence-corrected chi connectivity index (χ2v) is 11.0. The molecule has 0 aliphatic rings. The molecule has 0 aromatic rings. The molecule has 0 bridgehead atoms. The van der Waals surface area contributed by atoms with Crippen molar-refractivity contribution in [3.05, 3.63) is 0 Å². The second-order valence-electron chi connectivity index (χ2n) is 11.0. The number of hydrogen-bond donors (Lipinski definition) is 0. The summed E-state index contributed by atoms with van der Waals surface area (Å²) < 4.78 is 0. The Morgan fingerprint density at radius 3 is 0.611 bits per heavy atom. The van der Waals surface area contributed by atoms with Crippen LogP contribution in [0, 0.1) is 0 Å². The van der Waals surface area contributed by atoms with Gasteiger partial charge in [-0.15, -0.1) is 34.0 Å². The van der Waals surface area contributed by atoms with Crippen molar-refractivity contribution in [2.24, 2.45) is 0 Å². The predicted octanol–water partition coefficient (Wildman–Crippen LogP) is 11.9. The third-order valence-corrected chi connectivity index (χ3v) is 6.37. The molecule has 36 heavy (non-hydrogen) atoms. The van der Waals surface area contributed by atoms with E-state index in [0.29, 0.717) is 0 Å². The Hall–Kier alpha value is 0.880. The van der Waals surface area contributed by atoms with Gasteiger partial charge in [-0.25, -0.2) is 0 Å². The van der Waals surface area contributed by atoms with E-state index < -0.39 is 0 Å². The SMILES string of the molecule is Br.Br.CCCCCCCCCCCC.CCCCCCCCN(C)C.CCCCCCCCN(C)C. The number of unbranched alkanes of at least 4 members (excludes halogenated alkanes) is 19. The van der Waals surface area contributed by atoms with Gasteiger partial charge in [0.25, 0.3) is 0 Å². The van der Waals surface area contributed by atoms with Crippen LogP contribution in [0.15, 0.2) is 0 Å². The van der Waals surface area contributed by atoms with Crippen LogP contribution in [0.3, 0.4) is 0 Å². The molecule has 2 nitrogen and oxygen atoms in total. The summed E-state index contributed by atoms with van der Waals surface area (Å²) in [6.45, 7) is 11.6. The zero-order valence-corrected chi connectivity index (χ0v) is 30.1. The summed E-state index contributed by atoms with van der Waals surface area (Å²) in [6, 6.07) is 0. The molecule has 0 heterocycles. The first-order chi connectivity index (χ1) is 16.5. The zero-order chi connectivity index (χ0) is 26.1. The average molecular weight is 647 g/mol. The van der Waals surface area contributed by atoms with E-state index in [2.05, 4.69) is 65.7 Å². The van der Waals surface area contributed by atoms with Crippen molar-refractivity contribution in [1.82, 2.24) is 9.80 Å². The molecule has 0 amide bonds. The van der Waals surface area contributed by atoms with Crippen molar-refractivity contribution in [1.29, 1.82) is 0 Å². The maximum atomic E-state index is 2.28. The van der Waals surface area contributed by atoms with Gasteiger partial charge in [-0.05, 0) is 54.1 Å². The second kappa shape index (κ2) is 45.8. The smallest absolute Gasteiger partial charge is 0.00248 e. The van der Waals surface area contributed by atoms with E-state index in [9.17, 15) is 0 Å². The van der Waals surface area contributed by atoms with E-state index in [1.807, 2.05) is 0 Å². The van der Waals surface area contributed by atoms with Gasteiger partial charge in [0.05, 0.1) is 0 Å². The van der Waals surface area contributed by atoms with Crippen molar-refractivity contribution in [2.75, 3.05) is 41.3 Å². The number of halogens is 2. The van der Waals surface area contributed by atoms with Crippen molar-refractivity contribution in [2.45, 2.75) is 169 Å². The lowest BCUT2D eigenvalue weighted by molar-refractivity contribution is 0.389. The molecule has 0 N–H and O–H groups in total. The molecule has 0 saturated heterocycles. The van der Waals surface area contributed by atoms with E-state index in [-0.39, 0.29) is 34.0 Å². The Morgan fingerprint density at radius 2 is 0.444 bits per heavy atom. The topological polar surface area (TPSA) is 6.48 Å². The third-order valence-electron chi connectivity index (χ3n) is 6.37. The lowest BCUT2D eigenvalue weighted by Crippen LogP contribution is -2.12. The molecule has 0 spiro atoms. The summed E-state index contributed by atoms with van der Waals surface area (Å²) in [5, 5.41) is 0. The summed E-state index contributed by atoms with van der Waals surface area (Å²) >= 11 is 0. The molecule has 0 fully saturated rings. The van der Waals surface area contributed by atoms with Crippen LogP contribution in [0.1, 0.15) is 169 Å². The highest BCUT2D eigenvalue weighted by molar-refractivity contribution is 8.93. The lowest BCUT2D eigenvalue weighted by Gasteiger charge is -2.08. The van der Waals surface area contributed by atoms with Crippen LogP contribution in [0.2, 0.25) is 0 Å². The molecule has 0 aliphatic carbocycles. The van der Waals surface area contributed by atoms with E-state index in [4.69, 9.17) is 0 Å². The fourth-order valence-corrected chi connectivity index (χ4v) is 3.98.